The monoisotopic (exact) mass is 370 g/mol. The number of furan rings is 1. The van der Waals surface area contributed by atoms with E-state index in [9.17, 15) is 18.0 Å². The summed E-state index contributed by atoms with van der Waals surface area (Å²) in [5.74, 6) is -0.903. The molecule has 2 rings (SSSR count). The number of esters is 1. The molecule has 0 aromatic carbocycles. The Balaban J connectivity index is 2.19. The van der Waals surface area contributed by atoms with E-state index in [1.54, 1.807) is 11.6 Å². The molecule has 0 atom stereocenters. The van der Waals surface area contributed by atoms with E-state index in [0.29, 0.717) is 5.69 Å². The van der Waals surface area contributed by atoms with E-state index in [2.05, 4.69) is 20.0 Å². The molecule has 11 nitrogen and oxygen atoms in total. The quantitative estimate of drug-likeness (QED) is 0.724. The largest absolute Gasteiger partial charge is 0.481 e. The molecular weight excluding hydrogens is 356 g/mol. The Morgan fingerprint density at radius 1 is 1.20 bits per heavy atom. The first kappa shape index (κ1) is 18.2. The van der Waals surface area contributed by atoms with Gasteiger partial charge in [-0.15, -0.1) is 0 Å². The normalized spacial score (nSPS) is 10.8. The zero-order valence-corrected chi connectivity index (χ0v) is 14.2. The number of carbonyl (C=O) groups excluding carboxylic acids is 2. The van der Waals surface area contributed by atoms with Gasteiger partial charge < -0.3 is 13.9 Å². The molecule has 0 aliphatic heterocycles. The smallest absolute Gasteiger partial charge is 0.342 e. The first-order chi connectivity index (χ1) is 11.8. The molecule has 134 valence electrons. The summed E-state index contributed by atoms with van der Waals surface area (Å²) in [6, 6.07) is 0.387. The van der Waals surface area contributed by atoms with Crippen molar-refractivity contribution in [1.29, 1.82) is 0 Å². The maximum Gasteiger partial charge on any atom is 0.342 e. The van der Waals surface area contributed by atoms with E-state index in [0.717, 1.165) is 19.6 Å². The summed E-state index contributed by atoms with van der Waals surface area (Å²) in [7, 11) is -1.94. The SMILES string of the molecule is COC(=O)c1cocc1S(=O)(=O)NC(=O)Nc1nc(C)cc(OC)n1. The van der Waals surface area contributed by atoms with Crippen molar-refractivity contribution in [3.63, 3.8) is 0 Å². The van der Waals surface area contributed by atoms with Gasteiger partial charge in [-0.1, -0.05) is 0 Å². The maximum atomic E-state index is 12.2. The van der Waals surface area contributed by atoms with Crippen LogP contribution in [0.4, 0.5) is 10.7 Å². The first-order valence-electron chi connectivity index (χ1n) is 6.65. The molecule has 0 saturated heterocycles. The number of rotatable bonds is 5. The fourth-order valence-electron chi connectivity index (χ4n) is 1.76. The third kappa shape index (κ3) is 4.23. The predicted octanol–water partition coefficient (Wildman–Crippen LogP) is 0.684. The lowest BCUT2D eigenvalue weighted by Gasteiger charge is -2.08. The van der Waals surface area contributed by atoms with E-state index in [4.69, 9.17) is 9.15 Å². The summed E-state index contributed by atoms with van der Waals surface area (Å²) in [6.45, 7) is 1.64. The van der Waals surface area contributed by atoms with Gasteiger partial charge in [0.25, 0.3) is 10.0 Å². The Labute approximate surface area is 142 Å². The van der Waals surface area contributed by atoms with Gasteiger partial charge >= 0.3 is 12.0 Å². The van der Waals surface area contributed by atoms with Gasteiger partial charge in [0.05, 0.1) is 14.2 Å². The van der Waals surface area contributed by atoms with Crippen molar-refractivity contribution in [3.05, 3.63) is 29.9 Å². The van der Waals surface area contributed by atoms with Crippen LogP contribution in [0.5, 0.6) is 5.88 Å². The van der Waals surface area contributed by atoms with Crippen LogP contribution in [0.15, 0.2) is 27.9 Å². The van der Waals surface area contributed by atoms with Crippen LogP contribution >= 0.6 is 0 Å². The number of anilines is 1. The van der Waals surface area contributed by atoms with Crippen molar-refractivity contribution in [2.75, 3.05) is 19.5 Å². The average Bonchev–Trinajstić information content (AvgIpc) is 3.03. The predicted molar refractivity (Wildman–Crippen MR) is 82.7 cm³/mol. The zero-order valence-electron chi connectivity index (χ0n) is 13.4. The summed E-state index contributed by atoms with van der Waals surface area (Å²) >= 11 is 0. The maximum absolute atomic E-state index is 12.2. The second-order valence-electron chi connectivity index (χ2n) is 4.58. The van der Waals surface area contributed by atoms with Crippen molar-refractivity contribution < 1.29 is 31.9 Å². The summed E-state index contributed by atoms with van der Waals surface area (Å²) in [4.78, 5) is 30.7. The van der Waals surface area contributed by atoms with Crippen LogP contribution in [-0.4, -0.2) is 44.6 Å². The fourth-order valence-corrected chi connectivity index (χ4v) is 2.76. The zero-order chi connectivity index (χ0) is 18.6. The molecule has 0 radical (unpaired) electrons. The highest BCUT2D eigenvalue weighted by molar-refractivity contribution is 7.90. The molecule has 2 aromatic heterocycles. The van der Waals surface area contributed by atoms with Gasteiger partial charge in [-0.3, -0.25) is 5.32 Å². The number of ether oxygens (including phenoxy) is 2. The summed E-state index contributed by atoms with van der Waals surface area (Å²) < 4.78 is 40.2. The average molecular weight is 370 g/mol. The lowest BCUT2D eigenvalue weighted by atomic mass is 10.3. The third-order valence-electron chi connectivity index (χ3n) is 2.81. The molecule has 2 aromatic rings. The number of amides is 2. The molecule has 0 spiro atoms. The molecule has 25 heavy (non-hydrogen) atoms. The van der Waals surface area contributed by atoms with E-state index < -0.39 is 26.9 Å². The topological polar surface area (TPSA) is 150 Å². The van der Waals surface area contributed by atoms with Crippen molar-refractivity contribution in [2.24, 2.45) is 0 Å². The molecule has 0 fully saturated rings. The molecule has 0 aliphatic rings. The second-order valence-corrected chi connectivity index (χ2v) is 6.23. The number of hydrogen-bond donors (Lipinski definition) is 2. The fraction of sp³-hybridized carbons (Fsp3) is 0.231. The van der Waals surface area contributed by atoms with Crippen molar-refractivity contribution >= 4 is 28.0 Å². The Morgan fingerprint density at radius 3 is 2.56 bits per heavy atom. The highest BCUT2D eigenvalue weighted by Gasteiger charge is 2.27. The van der Waals surface area contributed by atoms with Gasteiger partial charge in [-0.05, 0) is 6.92 Å². The number of nitrogens with one attached hydrogen (secondary N) is 2. The van der Waals surface area contributed by atoms with Crippen LogP contribution in [0.25, 0.3) is 0 Å². The summed E-state index contributed by atoms with van der Waals surface area (Å²) in [5, 5.41) is 2.16. The van der Waals surface area contributed by atoms with Gasteiger partial charge in [0, 0.05) is 11.8 Å². The molecule has 2 amide bonds. The van der Waals surface area contributed by atoms with Crippen LogP contribution in [0, 0.1) is 6.92 Å². The van der Waals surface area contributed by atoms with E-state index in [1.165, 1.54) is 13.2 Å². The minimum Gasteiger partial charge on any atom is -0.481 e. The summed E-state index contributed by atoms with van der Waals surface area (Å²) in [6.07, 6.45) is 1.70. The van der Waals surface area contributed by atoms with Crippen LogP contribution in [0.3, 0.4) is 0 Å². The third-order valence-corrected chi connectivity index (χ3v) is 4.16. The number of urea groups is 1. The Bertz CT molecular complexity index is 907. The standard InChI is InChI=1S/C13H14N4O7S/c1-7-4-10(22-2)15-12(14-7)16-13(19)17-25(20,21)9-6-24-5-8(9)11(18)23-3/h4-6H,1-3H3,(H2,14,15,16,17,19). The molecular formula is C13H14N4O7S. The van der Waals surface area contributed by atoms with Crippen LogP contribution in [0.2, 0.25) is 0 Å². The lowest BCUT2D eigenvalue weighted by molar-refractivity contribution is 0.0596. The Morgan fingerprint density at radius 2 is 1.92 bits per heavy atom. The van der Waals surface area contributed by atoms with Gasteiger partial charge in [0.15, 0.2) is 0 Å². The molecule has 12 heteroatoms. The number of carbonyl (C=O) groups is 2. The number of aromatic nitrogens is 2. The molecule has 0 saturated carbocycles. The molecule has 0 bridgehead atoms. The number of aryl methyl sites for hydroxylation is 1. The van der Waals surface area contributed by atoms with Gasteiger partial charge in [-0.25, -0.2) is 27.7 Å². The molecule has 2 N–H and O–H groups in total. The number of hydrogen-bond acceptors (Lipinski definition) is 9. The van der Waals surface area contributed by atoms with E-state index in [-0.39, 0.29) is 17.4 Å². The first-order valence-corrected chi connectivity index (χ1v) is 8.13. The van der Waals surface area contributed by atoms with Crippen molar-refractivity contribution in [3.8, 4) is 5.88 Å². The van der Waals surface area contributed by atoms with Crippen LogP contribution < -0.4 is 14.8 Å². The molecule has 2 heterocycles. The van der Waals surface area contributed by atoms with Gasteiger partial charge in [0.2, 0.25) is 11.8 Å². The number of nitrogens with zero attached hydrogens (tertiary/aromatic N) is 2. The Kier molecular flexibility index (Phi) is 5.22. The molecule has 0 unspecified atom stereocenters. The highest BCUT2D eigenvalue weighted by Crippen LogP contribution is 2.18. The highest BCUT2D eigenvalue weighted by atomic mass is 32.2. The minimum absolute atomic E-state index is 0.162. The summed E-state index contributed by atoms with van der Waals surface area (Å²) in [5.41, 5.74) is 0.143. The second kappa shape index (κ2) is 7.17. The number of sulfonamides is 1. The van der Waals surface area contributed by atoms with Crippen LogP contribution in [0.1, 0.15) is 16.1 Å². The lowest BCUT2D eigenvalue weighted by Crippen LogP contribution is -2.35. The van der Waals surface area contributed by atoms with Gasteiger partial charge in [0.1, 0.15) is 23.0 Å². The molecule has 0 aliphatic carbocycles. The van der Waals surface area contributed by atoms with Crippen LogP contribution in [-0.2, 0) is 14.8 Å². The minimum atomic E-state index is -4.39. The van der Waals surface area contributed by atoms with Crippen molar-refractivity contribution in [1.82, 2.24) is 14.7 Å². The van der Waals surface area contributed by atoms with Crippen molar-refractivity contribution in [2.45, 2.75) is 11.8 Å². The van der Waals surface area contributed by atoms with E-state index >= 15 is 0 Å². The van der Waals surface area contributed by atoms with Gasteiger partial charge in [-0.2, -0.15) is 4.98 Å². The van der Waals surface area contributed by atoms with E-state index in [1.807, 2.05) is 0 Å². The number of methoxy groups -OCH3 is 2. The Hall–Kier alpha value is -3.15.